The van der Waals surface area contributed by atoms with Gasteiger partial charge in [0.05, 0.1) is 30.8 Å². The SMILES string of the molecule is NC[C@@H](O)C(O)C(=O)N[C@@H]1C[C@H](N)[C@@H](O[C@H]2O[C@H](CNCC3CC(N)C3)CC[C@H]2N)[C@H](O[C@@H]2O[C@H](CO)[C@@H](O[C@H]3O[C@@H](CN)[C@@H](O)[C@H](O)[C@H]3N)[C@H]2O)[C@H]1O. The number of ether oxygens (including phenoxy) is 6. The van der Waals surface area contributed by atoms with Crippen LogP contribution in [-0.4, -0.2) is 197 Å². The Hall–Kier alpha value is -1.33. The van der Waals surface area contributed by atoms with Crippen LogP contribution < -0.4 is 45.0 Å². The summed E-state index contributed by atoms with van der Waals surface area (Å²) in [5.41, 5.74) is 36.1. The number of hydrogen-bond donors (Lipinski definition) is 15. The van der Waals surface area contributed by atoms with E-state index in [1.165, 1.54) is 0 Å². The lowest BCUT2D eigenvalue weighted by molar-refractivity contribution is -0.290. The highest BCUT2D eigenvalue weighted by Crippen LogP contribution is 2.35. The van der Waals surface area contributed by atoms with Gasteiger partial charge in [0.2, 0.25) is 0 Å². The smallest absolute Gasteiger partial charge is 0.251 e. The molecule has 54 heavy (non-hydrogen) atoms. The van der Waals surface area contributed by atoms with Crippen molar-refractivity contribution in [2.75, 3.05) is 32.8 Å². The van der Waals surface area contributed by atoms with Crippen LogP contribution in [-0.2, 0) is 33.2 Å². The molecular weight excluding hydrogens is 720 g/mol. The summed E-state index contributed by atoms with van der Waals surface area (Å²) in [5, 5.41) is 80.1. The molecule has 5 fully saturated rings. The Morgan fingerprint density at radius 1 is 0.741 bits per heavy atom. The molecule has 21 N–H and O–H groups in total. The maximum Gasteiger partial charge on any atom is 0.251 e. The molecule has 5 aliphatic rings. The minimum Gasteiger partial charge on any atom is -0.394 e. The zero-order valence-electron chi connectivity index (χ0n) is 30.1. The number of carbonyl (C=O) groups excluding carboxylic acids is 1. The van der Waals surface area contributed by atoms with E-state index in [4.69, 9.17) is 62.8 Å². The Bertz CT molecular complexity index is 1180. The van der Waals surface area contributed by atoms with Gasteiger partial charge >= 0.3 is 0 Å². The minimum atomic E-state index is -1.91. The third-order valence-corrected chi connectivity index (χ3v) is 11.1. The molecule has 3 heterocycles. The molecule has 1 amide bonds. The largest absolute Gasteiger partial charge is 0.394 e. The van der Waals surface area contributed by atoms with Gasteiger partial charge in [-0.1, -0.05) is 0 Å². The van der Waals surface area contributed by atoms with Crippen molar-refractivity contribution in [2.45, 2.75) is 154 Å². The minimum absolute atomic E-state index is 0.0915. The number of carbonyl (C=O) groups is 1. The van der Waals surface area contributed by atoms with E-state index in [2.05, 4.69) is 10.6 Å². The van der Waals surface area contributed by atoms with E-state index in [0.717, 1.165) is 19.4 Å². The molecule has 0 aromatic rings. The summed E-state index contributed by atoms with van der Waals surface area (Å²) in [7, 11) is 0. The maximum absolute atomic E-state index is 12.8. The van der Waals surface area contributed by atoms with Crippen LogP contribution in [0.1, 0.15) is 32.1 Å². The molecule has 22 heteroatoms. The number of amides is 1. The van der Waals surface area contributed by atoms with Crippen molar-refractivity contribution in [3.8, 4) is 0 Å². The lowest BCUT2D eigenvalue weighted by Gasteiger charge is -2.47. The molecule has 1 unspecified atom stereocenters. The van der Waals surface area contributed by atoms with Crippen molar-refractivity contribution in [1.29, 1.82) is 0 Å². The lowest BCUT2D eigenvalue weighted by atomic mass is 9.81. The summed E-state index contributed by atoms with van der Waals surface area (Å²) >= 11 is 0. The molecule has 22 nitrogen and oxygen atoms in total. The van der Waals surface area contributed by atoms with Gasteiger partial charge in [0.1, 0.15) is 61.0 Å². The Morgan fingerprint density at radius 2 is 1.41 bits per heavy atom. The van der Waals surface area contributed by atoms with Crippen molar-refractivity contribution < 1.29 is 69.0 Å². The highest BCUT2D eigenvalue weighted by molar-refractivity contribution is 5.81. The van der Waals surface area contributed by atoms with Gasteiger partial charge < -0.3 is 109 Å². The monoisotopic (exact) mass is 782 g/mol. The van der Waals surface area contributed by atoms with E-state index in [1.807, 2.05) is 0 Å². The summed E-state index contributed by atoms with van der Waals surface area (Å²) < 4.78 is 36.2. The standard InChI is InChI=1S/C32H62N8O14/c33-6-17(42)22(44)29(48)40-16-5-15(37)26(52-30-14(36)2-1-13(49-30)9-39-8-11-3-12(35)4-11)28(21(16)43)54-32-25(47)27(19(10-41)51-32)53-31-20(38)24(46)23(45)18(7-34)50-31/h11-28,30-32,39,41-47H,1-10,33-38H2,(H,40,48)/t11?,12?,13-,14+,15-,16+,17+,18-,19+,20+,21-,22?,23+,24+,25+,26+,27+,28+,30+,31+,32-/m0/s1. The number of rotatable bonds is 16. The fourth-order valence-electron chi connectivity index (χ4n) is 7.71. The van der Waals surface area contributed by atoms with Gasteiger partial charge in [0.15, 0.2) is 25.0 Å². The summed E-state index contributed by atoms with van der Waals surface area (Å²) in [6.45, 7) is 0.0427. The zero-order chi connectivity index (χ0) is 39.4. The number of aliphatic hydroxyl groups excluding tert-OH is 7. The zero-order valence-corrected chi connectivity index (χ0v) is 30.1. The maximum atomic E-state index is 12.8. The van der Waals surface area contributed by atoms with Gasteiger partial charge in [-0.3, -0.25) is 4.79 Å². The van der Waals surface area contributed by atoms with Gasteiger partial charge in [-0.05, 0) is 44.6 Å². The molecule has 0 spiro atoms. The molecule has 3 aliphatic heterocycles. The molecule has 2 saturated carbocycles. The highest BCUT2D eigenvalue weighted by atomic mass is 16.8. The van der Waals surface area contributed by atoms with Crippen LogP contribution in [0.5, 0.6) is 0 Å². The van der Waals surface area contributed by atoms with E-state index in [1.54, 1.807) is 0 Å². The fourth-order valence-corrected chi connectivity index (χ4v) is 7.71. The topological polar surface area (TPSA) is 394 Å². The second-order valence-electron chi connectivity index (χ2n) is 15.2. The second-order valence-corrected chi connectivity index (χ2v) is 15.2. The molecule has 2 aliphatic carbocycles. The highest BCUT2D eigenvalue weighted by Gasteiger charge is 2.54. The normalized spacial score (nSPS) is 46.8. The van der Waals surface area contributed by atoms with Crippen LogP contribution in [0.2, 0.25) is 0 Å². The predicted molar refractivity (Wildman–Crippen MR) is 185 cm³/mol. The van der Waals surface area contributed by atoms with Crippen molar-refractivity contribution in [2.24, 2.45) is 40.3 Å². The third kappa shape index (κ3) is 10.0. The molecule has 19 atom stereocenters. The van der Waals surface area contributed by atoms with Crippen molar-refractivity contribution in [1.82, 2.24) is 10.6 Å². The molecule has 5 rings (SSSR count). The van der Waals surface area contributed by atoms with E-state index >= 15 is 0 Å². The summed E-state index contributed by atoms with van der Waals surface area (Å²) in [6.07, 6.45) is -17.2. The fraction of sp³-hybridized carbons (Fsp3) is 0.969. The van der Waals surface area contributed by atoms with Crippen molar-refractivity contribution in [3.05, 3.63) is 0 Å². The van der Waals surface area contributed by atoms with Gasteiger partial charge in [0.25, 0.3) is 5.91 Å². The Labute approximate surface area is 313 Å². The van der Waals surface area contributed by atoms with Gasteiger partial charge in [0, 0.05) is 31.7 Å². The lowest BCUT2D eigenvalue weighted by Crippen LogP contribution is -2.67. The van der Waals surface area contributed by atoms with E-state index in [-0.39, 0.29) is 25.1 Å². The molecule has 0 aromatic heterocycles. The van der Waals surface area contributed by atoms with E-state index in [0.29, 0.717) is 25.3 Å². The Kier molecular flexibility index (Phi) is 15.7. The number of nitrogens with two attached hydrogens (primary N) is 6. The molecule has 0 bridgehead atoms. The van der Waals surface area contributed by atoms with Crippen LogP contribution in [0, 0.1) is 5.92 Å². The van der Waals surface area contributed by atoms with Crippen molar-refractivity contribution in [3.63, 3.8) is 0 Å². The first-order valence-electron chi connectivity index (χ1n) is 18.7. The van der Waals surface area contributed by atoms with E-state index in [9.17, 15) is 40.5 Å². The molecule has 3 saturated heterocycles. The van der Waals surface area contributed by atoms with Crippen LogP contribution >= 0.6 is 0 Å². The van der Waals surface area contributed by atoms with Crippen LogP contribution in [0.15, 0.2) is 0 Å². The first-order chi connectivity index (χ1) is 25.7. The van der Waals surface area contributed by atoms with Crippen molar-refractivity contribution >= 4 is 5.91 Å². The number of aliphatic hydroxyl groups is 7. The van der Waals surface area contributed by atoms with Crippen LogP contribution in [0.3, 0.4) is 0 Å². The number of nitrogens with one attached hydrogen (secondary N) is 2. The summed E-state index contributed by atoms with van der Waals surface area (Å²) in [5.74, 6) is -0.527. The van der Waals surface area contributed by atoms with Gasteiger partial charge in [-0.15, -0.1) is 0 Å². The van der Waals surface area contributed by atoms with Crippen LogP contribution in [0.4, 0.5) is 0 Å². The quantitative estimate of drug-likeness (QED) is 0.0691. The molecule has 0 aromatic carbocycles. The Morgan fingerprint density at radius 3 is 2.06 bits per heavy atom. The first kappa shape index (κ1) is 43.8. The van der Waals surface area contributed by atoms with Gasteiger partial charge in [-0.2, -0.15) is 0 Å². The van der Waals surface area contributed by atoms with Gasteiger partial charge in [-0.25, -0.2) is 0 Å². The van der Waals surface area contributed by atoms with E-state index < -0.39 is 129 Å². The Balaban J connectivity index is 1.31. The second kappa shape index (κ2) is 19.4. The summed E-state index contributed by atoms with van der Waals surface area (Å²) in [6, 6.07) is -3.76. The predicted octanol–water partition coefficient (Wildman–Crippen LogP) is -8.63. The molecule has 314 valence electrons. The first-order valence-corrected chi connectivity index (χ1v) is 18.7. The average Bonchev–Trinajstić information content (AvgIpc) is 3.44. The third-order valence-electron chi connectivity index (χ3n) is 11.1. The summed E-state index contributed by atoms with van der Waals surface area (Å²) in [4.78, 5) is 12.8. The average molecular weight is 783 g/mol. The molecule has 0 radical (unpaired) electrons. The number of hydrogen-bond acceptors (Lipinski definition) is 21. The van der Waals surface area contributed by atoms with Crippen LogP contribution in [0.25, 0.3) is 0 Å². The molecular formula is C32H62N8O14.